The summed E-state index contributed by atoms with van der Waals surface area (Å²) >= 11 is 0. The lowest BCUT2D eigenvalue weighted by molar-refractivity contribution is 0.455. The third-order valence-electron chi connectivity index (χ3n) is 13.1. The van der Waals surface area contributed by atoms with Gasteiger partial charge in [-0.3, -0.25) is 0 Å². The maximum Gasteiger partial charge on any atom is -0.000755 e. The van der Waals surface area contributed by atoms with Crippen LogP contribution in [0, 0.1) is 24.7 Å². The molecule has 9 rings (SSSR count). The second-order valence-electron chi connectivity index (χ2n) is 16.6. The molecule has 59 heavy (non-hydrogen) atoms. The zero-order valence-electron chi connectivity index (χ0n) is 34.5. The largest absolute Gasteiger partial charge is 0.103 e. The number of benzene rings is 7. The predicted octanol–water partition coefficient (Wildman–Crippen LogP) is 17.2. The number of fused-ring (bicyclic) bond motifs is 3. The topological polar surface area (TPSA) is 0 Å². The van der Waals surface area contributed by atoms with E-state index in [9.17, 15) is 0 Å². The van der Waals surface area contributed by atoms with Crippen LogP contribution >= 0.6 is 0 Å². The summed E-state index contributed by atoms with van der Waals surface area (Å²) in [6.07, 6.45) is 11.1. The summed E-state index contributed by atoms with van der Waals surface area (Å²) in [5.74, 6) is 1.10. The Morgan fingerprint density at radius 3 is 1.81 bits per heavy atom. The highest BCUT2D eigenvalue weighted by atomic mass is 14.4. The van der Waals surface area contributed by atoms with E-state index in [2.05, 4.69) is 211 Å². The van der Waals surface area contributed by atoms with E-state index in [1.165, 1.54) is 99.8 Å². The Morgan fingerprint density at radius 2 is 1.17 bits per heavy atom. The molecule has 0 amide bonds. The molecule has 0 aliphatic heterocycles. The van der Waals surface area contributed by atoms with Crippen molar-refractivity contribution in [1.29, 1.82) is 0 Å². The molecule has 0 saturated heterocycles. The van der Waals surface area contributed by atoms with Crippen molar-refractivity contribution in [3.8, 4) is 66.8 Å². The van der Waals surface area contributed by atoms with E-state index in [1.54, 1.807) is 5.57 Å². The molecular weight excluding hydrogens is 709 g/mol. The highest BCUT2D eigenvalue weighted by Crippen LogP contribution is 2.59. The molecule has 0 aromatic heterocycles. The van der Waals surface area contributed by atoms with Gasteiger partial charge >= 0.3 is 0 Å². The SMILES string of the molecule is C.C=CCC1C/C(C)=C\C=C/C(C)C(C)/C1=C(/C)c1c(C)c(-c2ccccc2)c2c(c1-c1ccccc1)-c1cccc3cc(-c4ccccc4-c4ccccc4)cc-2c13. The molecule has 3 atom stereocenters. The van der Waals surface area contributed by atoms with Gasteiger partial charge in [-0.1, -0.05) is 190 Å². The van der Waals surface area contributed by atoms with Crippen molar-refractivity contribution in [3.05, 3.63) is 199 Å². The number of rotatable bonds is 7. The van der Waals surface area contributed by atoms with Crippen molar-refractivity contribution in [2.45, 2.75) is 54.9 Å². The van der Waals surface area contributed by atoms with Crippen molar-refractivity contribution in [1.82, 2.24) is 0 Å². The van der Waals surface area contributed by atoms with Gasteiger partial charge in [0.1, 0.15) is 0 Å². The highest BCUT2D eigenvalue weighted by molar-refractivity contribution is 6.23. The average Bonchev–Trinajstić information content (AvgIpc) is 3.59. The monoisotopic (exact) mass is 764 g/mol. The third-order valence-corrected chi connectivity index (χ3v) is 13.1. The van der Waals surface area contributed by atoms with Crippen LogP contribution in [0.25, 0.3) is 83.1 Å². The minimum atomic E-state index is 0. The van der Waals surface area contributed by atoms with Crippen LogP contribution in [0.5, 0.6) is 0 Å². The zero-order chi connectivity index (χ0) is 39.9. The first-order valence-corrected chi connectivity index (χ1v) is 21.0. The van der Waals surface area contributed by atoms with E-state index in [-0.39, 0.29) is 7.43 Å². The fraction of sp³-hybridized carbons (Fsp3) is 0.186. The van der Waals surface area contributed by atoms with Crippen LogP contribution in [0.2, 0.25) is 0 Å². The summed E-state index contributed by atoms with van der Waals surface area (Å²) in [5.41, 5.74) is 22.6. The number of hydrogen-bond acceptors (Lipinski definition) is 0. The van der Waals surface area contributed by atoms with Crippen molar-refractivity contribution >= 4 is 16.3 Å². The molecule has 0 heteroatoms. The van der Waals surface area contributed by atoms with Gasteiger partial charge in [-0.15, -0.1) is 6.58 Å². The fourth-order valence-corrected chi connectivity index (χ4v) is 10.3. The normalized spacial score (nSPS) is 19.3. The Morgan fingerprint density at radius 1 is 0.610 bits per heavy atom. The van der Waals surface area contributed by atoms with Crippen LogP contribution in [0.1, 0.15) is 59.1 Å². The lowest BCUT2D eigenvalue weighted by Crippen LogP contribution is -2.18. The quantitative estimate of drug-likeness (QED) is 0.142. The Labute approximate surface area is 353 Å². The smallest absolute Gasteiger partial charge is 0.000755 e. The fourth-order valence-electron chi connectivity index (χ4n) is 10.3. The molecule has 0 saturated carbocycles. The van der Waals surface area contributed by atoms with Gasteiger partial charge in [0.2, 0.25) is 0 Å². The molecule has 7 aromatic rings. The lowest BCUT2D eigenvalue weighted by Gasteiger charge is -2.32. The summed E-state index contributed by atoms with van der Waals surface area (Å²) in [7, 11) is 0. The average molecular weight is 765 g/mol. The van der Waals surface area contributed by atoms with Gasteiger partial charge in [-0.25, -0.2) is 0 Å². The van der Waals surface area contributed by atoms with Gasteiger partial charge in [0.25, 0.3) is 0 Å². The van der Waals surface area contributed by atoms with E-state index in [0.29, 0.717) is 17.8 Å². The minimum absolute atomic E-state index is 0. The molecule has 3 unspecified atom stereocenters. The van der Waals surface area contributed by atoms with E-state index in [4.69, 9.17) is 0 Å². The number of hydrogen-bond donors (Lipinski definition) is 0. The van der Waals surface area contributed by atoms with Crippen LogP contribution in [0.4, 0.5) is 0 Å². The van der Waals surface area contributed by atoms with E-state index in [0.717, 1.165) is 12.8 Å². The van der Waals surface area contributed by atoms with Crippen LogP contribution in [0.3, 0.4) is 0 Å². The third kappa shape index (κ3) is 6.95. The van der Waals surface area contributed by atoms with Gasteiger partial charge in [-0.2, -0.15) is 0 Å². The summed E-state index contributed by atoms with van der Waals surface area (Å²) < 4.78 is 0. The molecular formula is C59H56. The Balaban J connectivity index is 0.00000484. The second kappa shape index (κ2) is 16.6. The Kier molecular flexibility index (Phi) is 11.1. The van der Waals surface area contributed by atoms with Crippen molar-refractivity contribution in [3.63, 3.8) is 0 Å². The van der Waals surface area contributed by atoms with Crippen LogP contribution in [-0.4, -0.2) is 0 Å². The van der Waals surface area contributed by atoms with Gasteiger partial charge in [0.05, 0.1) is 0 Å². The van der Waals surface area contributed by atoms with Crippen LogP contribution in [0.15, 0.2) is 188 Å². The first-order valence-electron chi connectivity index (χ1n) is 21.0. The second-order valence-corrected chi connectivity index (χ2v) is 16.6. The highest BCUT2D eigenvalue weighted by Gasteiger charge is 2.35. The predicted molar refractivity (Wildman–Crippen MR) is 258 cm³/mol. The van der Waals surface area contributed by atoms with Crippen molar-refractivity contribution < 1.29 is 0 Å². The van der Waals surface area contributed by atoms with Crippen LogP contribution < -0.4 is 0 Å². The Bertz CT molecular complexity index is 2770. The molecule has 0 N–H and O–H groups in total. The number of allylic oxidation sites excluding steroid dienone is 7. The van der Waals surface area contributed by atoms with Crippen molar-refractivity contribution in [2.75, 3.05) is 0 Å². The van der Waals surface area contributed by atoms with E-state index >= 15 is 0 Å². The molecule has 0 bridgehead atoms. The summed E-state index contributed by atoms with van der Waals surface area (Å²) in [5, 5.41) is 2.62. The minimum Gasteiger partial charge on any atom is -0.103 e. The maximum atomic E-state index is 4.29. The zero-order valence-corrected chi connectivity index (χ0v) is 34.5. The first-order chi connectivity index (χ1) is 28.4. The first kappa shape index (κ1) is 39.6. The Hall–Kier alpha value is -6.24. The van der Waals surface area contributed by atoms with Gasteiger partial charge in [0, 0.05) is 0 Å². The maximum absolute atomic E-state index is 4.29. The van der Waals surface area contributed by atoms with E-state index < -0.39 is 0 Å². The molecule has 0 fully saturated rings. The van der Waals surface area contributed by atoms with Crippen molar-refractivity contribution in [2.24, 2.45) is 17.8 Å². The van der Waals surface area contributed by atoms with Gasteiger partial charge < -0.3 is 0 Å². The standard InChI is InChI=1S/C58H52.CH4/c1-7-21-45-34-37(2)22-19-23-38(3)39(4)52(45)40(5)53-41(6)54(43-26-13-9-14-27-43)58-51-36-47(49-32-18-17-31-48(49)42-24-11-8-12-25-42)35-46-30-20-33-50(55(46)51)57(58)56(53)44-28-15-10-16-29-44;/h7-20,22-33,35-36,38-39,45H,1,21,34H2,2-6H3;1H4/b23-19-,37-22-,52-40+;. The van der Waals surface area contributed by atoms with E-state index in [1.807, 2.05) is 0 Å². The molecule has 0 nitrogen and oxygen atoms in total. The van der Waals surface area contributed by atoms with Gasteiger partial charge in [0.15, 0.2) is 0 Å². The molecule has 2 aliphatic rings. The van der Waals surface area contributed by atoms with Gasteiger partial charge in [-0.05, 0) is 158 Å². The summed E-state index contributed by atoms with van der Waals surface area (Å²) in [6.45, 7) is 16.3. The summed E-state index contributed by atoms with van der Waals surface area (Å²) in [4.78, 5) is 0. The summed E-state index contributed by atoms with van der Waals surface area (Å²) in [6, 6.07) is 54.0. The molecule has 7 aromatic carbocycles. The molecule has 292 valence electrons. The molecule has 0 radical (unpaired) electrons. The molecule has 2 aliphatic carbocycles. The molecule has 0 spiro atoms. The molecule has 0 heterocycles. The van der Waals surface area contributed by atoms with Crippen LogP contribution in [-0.2, 0) is 0 Å². The lowest BCUT2D eigenvalue weighted by atomic mass is 9.72.